The molecule has 2 aromatic carbocycles. The summed E-state index contributed by atoms with van der Waals surface area (Å²) in [7, 11) is 0. The fourth-order valence-corrected chi connectivity index (χ4v) is 2.77. The van der Waals surface area contributed by atoms with Gasteiger partial charge in [-0.2, -0.15) is 0 Å². The standard InChI is InChI=1S/C24H27NO6/c1-3-22(27)19-10-12-21(13-11-19)30-16-24(29)31-15-23(28)20-8-6-18(7-9-20)5-4-14-25-17(2)26/h6-13H,3-5,14-16H2,1-2H3,(H,25,26). The van der Waals surface area contributed by atoms with E-state index in [0.717, 1.165) is 18.4 Å². The third-order valence-corrected chi connectivity index (χ3v) is 4.51. The van der Waals surface area contributed by atoms with Crippen molar-refractivity contribution in [3.8, 4) is 5.75 Å². The van der Waals surface area contributed by atoms with E-state index in [2.05, 4.69) is 5.32 Å². The Morgan fingerprint density at radius 2 is 1.45 bits per heavy atom. The number of benzene rings is 2. The molecule has 2 rings (SSSR count). The molecule has 0 fully saturated rings. The Morgan fingerprint density at radius 1 is 0.839 bits per heavy atom. The molecule has 0 unspecified atom stereocenters. The minimum atomic E-state index is -0.656. The predicted molar refractivity (Wildman–Crippen MR) is 115 cm³/mol. The van der Waals surface area contributed by atoms with E-state index in [0.29, 0.717) is 29.8 Å². The predicted octanol–water partition coefficient (Wildman–Crippen LogP) is 3.15. The largest absolute Gasteiger partial charge is 0.482 e. The Bertz CT molecular complexity index is 903. The Labute approximate surface area is 181 Å². The number of hydrogen-bond donors (Lipinski definition) is 1. The normalized spacial score (nSPS) is 10.3. The van der Waals surface area contributed by atoms with Gasteiger partial charge in [-0.3, -0.25) is 14.4 Å². The van der Waals surface area contributed by atoms with E-state index in [-0.39, 0.29) is 30.7 Å². The maximum absolute atomic E-state index is 12.2. The molecule has 0 aliphatic carbocycles. The van der Waals surface area contributed by atoms with E-state index < -0.39 is 5.97 Å². The van der Waals surface area contributed by atoms with Crippen molar-refractivity contribution in [2.75, 3.05) is 19.8 Å². The van der Waals surface area contributed by atoms with Gasteiger partial charge in [-0.05, 0) is 42.7 Å². The monoisotopic (exact) mass is 425 g/mol. The number of carbonyl (C=O) groups excluding carboxylic acids is 4. The summed E-state index contributed by atoms with van der Waals surface area (Å²) in [5.74, 6) is -0.549. The lowest BCUT2D eigenvalue weighted by atomic mass is 10.1. The molecule has 0 radical (unpaired) electrons. The molecule has 0 atom stereocenters. The Morgan fingerprint density at radius 3 is 2.06 bits per heavy atom. The minimum absolute atomic E-state index is 0.0301. The van der Waals surface area contributed by atoms with Gasteiger partial charge in [0.05, 0.1) is 0 Å². The van der Waals surface area contributed by atoms with Gasteiger partial charge < -0.3 is 14.8 Å². The highest BCUT2D eigenvalue weighted by Crippen LogP contribution is 2.13. The van der Waals surface area contributed by atoms with Crippen LogP contribution < -0.4 is 10.1 Å². The molecule has 0 bridgehead atoms. The average molecular weight is 425 g/mol. The Kier molecular flexibility index (Phi) is 9.42. The van der Waals surface area contributed by atoms with Crippen LogP contribution in [0.1, 0.15) is 53.0 Å². The van der Waals surface area contributed by atoms with Crippen LogP contribution in [-0.4, -0.2) is 43.2 Å². The zero-order chi connectivity index (χ0) is 22.6. The number of ketones is 2. The zero-order valence-electron chi connectivity index (χ0n) is 17.8. The first kappa shape index (κ1) is 23.8. The van der Waals surface area contributed by atoms with Crippen molar-refractivity contribution in [3.05, 3.63) is 65.2 Å². The SMILES string of the molecule is CCC(=O)c1ccc(OCC(=O)OCC(=O)c2ccc(CCCNC(C)=O)cc2)cc1. The summed E-state index contributed by atoms with van der Waals surface area (Å²) >= 11 is 0. The second-order valence-corrected chi connectivity index (χ2v) is 6.96. The van der Waals surface area contributed by atoms with E-state index in [4.69, 9.17) is 9.47 Å². The highest BCUT2D eigenvalue weighted by Gasteiger charge is 2.11. The van der Waals surface area contributed by atoms with Gasteiger partial charge in [0, 0.05) is 31.0 Å². The molecule has 31 heavy (non-hydrogen) atoms. The maximum Gasteiger partial charge on any atom is 0.344 e. The van der Waals surface area contributed by atoms with Crippen molar-refractivity contribution in [1.82, 2.24) is 5.32 Å². The number of ether oxygens (including phenoxy) is 2. The number of Topliss-reactive ketones (excluding diaryl/α,β-unsaturated/α-hetero) is 2. The fourth-order valence-electron chi connectivity index (χ4n) is 2.77. The van der Waals surface area contributed by atoms with Crippen molar-refractivity contribution in [2.24, 2.45) is 0 Å². The molecule has 0 aliphatic heterocycles. The van der Waals surface area contributed by atoms with E-state index >= 15 is 0 Å². The van der Waals surface area contributed by atoms with Crippen LogP contribution in [0.3, 0.4) is 0 Å². The molecular formula is C24H27NO6. The van der Waals surface area contributed by atoms with Crippen molar-refractivity contribution >= 4 is 23.4 Å². The topological polar surface area (TPSA) is 98.8 Å². The van der Waals surface area contributed by atoms with Crippen molar-refractivity contribution in [2.45, 2.75) is 33.1 Å². The summed E-state index contributed by atoms with van der Waals surface area (Å²) in [5.41, 5.74) is 2.09. The molecule has 7 heteroatoms. The first-order chi connectivity index (χ1) is 14.9. The van der Waals surface area contributed by atoms with Gasteiger partial charge in [-0.15, -0.1) is 0 Å². The number of amides is 1. The molecule has 0 saturated carbocycles. The van der Waals surface area contributed by atoms with Crippen LogP contribution >= 0.6 is 0 Å². The van der Waals surface area contributed by atoms with Gasteiger partial charge in [0.2, 0.25) is 5.91 Å². The lowest BCUT2D eigenvalue weighted by Crippen LogP contribution is -2.21. The Balaban J connectivity index is 1.72. The van der Waals surface area contributed by atoms with Crippen LogP contribution in [0.5, 0.6) is 5.75 Å². The highest BCUT2D eigenvalue weighted by molar-refractivity contribution is 5.98. The van der Waals surface area contributed by atoms with Gasteiger partial charge in [0.15, 0.2) is 24.8 Å². The Hall–Kier alpha value is -3.48. The number of nitrogens with one attached hydrogen (secondary N) is 1. The molecule has 0 saturated heterocycles. The summed E-state index contributed by atoms with van der Waals surface area (Å²) in [4.78, 5) is 46.5. The van der Waals surface area contributed by atoms with E-state index in [1.54, 1.807) is 43.3 Å². The summed E-state index contributed by atoms with van der Waals surface area (Å²) in [6.45, 7) is 3.17. The van der Waals surface area contributed by atoms with Gasteiger partial charge >= 0.3 is 5.97 Å². The zero-order valence-corrected chi connectivity index (χ0v) is 17.8. The average Bonchev–Trinajstić information content (AvgIpc) is 2.79. The van der Waals surface area contributed by atoms with Crippen LogP contribution in [-0.2, 0) is 20.7 Å². The van der Waals surface area contributed by atoms with Gasteiger partial charge in [-0.1, -0.05) is 31.2 Å². The molecule has 0 aromatic heterocycles. The lowest BCUT2D eigenvalue weighted by Gasteiger charge is -2.08. The quantitative estimate of drug-likeness (QED) is 0.319. The number of aryl methyl sites for hydroxylation is 1. The smallest absolute Gasteiger partial charge is 0.344 e. The van der Waals surface area contributed by atoms with Gasteiger partial charge in [-0.25, -0.2) is 4.79 Å². The van der Waals surface area contributed by atoms with Crippen LogP contribution in [0, 0.1) is 0 Å². The molecule has 1 N–H and O–H groups in total. The van der Waals surface area contributed by atoms with Gasteiger partial charge in [0.1, 0.15) is 5.75 Å². The first-order valence-corrected chi connectivity index (χ1v) is 10.2. The molecule has 0 spiro atoms. The molecular weight excluding hydrogens is 398 g/mol. The highest BCUT2D eigenvalue weighted by atomic mass is 16.6. The molecule has 7 nitrogen and oxygen atoms in total. The fraction of sp³-hybridized carbons (Fsp3) is 0.333. The number of hydrogen-bond acceptors (Lipinski definition) is 6. The summed E-state index contributed by atoms with van der Waals surface area (Å²) in [6.07, 6.45) is 2.01. The van der Waals surface area contributed by atoms with Crippen LogP contribution in [0.4, 0.5) is 0 Å². The molecule has 1 amide bonds. The third-order valence-electron chi connectivity index (χ3n) is 4.51. The molecule has 2 aromatic rings. The van der Waals surface area contributed by atoms with Crippen LogP contribution in [0.25, 0.3) is 0 Å². The van der Waals surface area contributed by atoms with Crippen LogP contribution in [0.15, 0.2) is 48.5 Å². The molecule has 164 valence electrons. The van der Waals surface area contributed by atoms with E-state index in [1.165, 1.54) is 6.92 Å². The van der Waals surface area contributed by atoms with E-state index in [1.807, 2.05) is 12.1 Å². The minimum Gasteiger partial charge on any atom is -0.482 e. The summed E-state index contributed by atoms with van der Waals surface area (Å²) in [5, 5.41) is 2.74. The van der Waals surface area contributed by atoms with E-state index in [9.17, 15) is 19.2 Å². The van der Waals surface area contributed by atoms with Crippen molar-refractivity contribution in [3.63, 3.8) is 0 Å². The maximum atomic E-state index is 12.2. The molecule has 0 aliphatic rings. The summed E-state index contributed by atoms with van der Waals surface area (Å²) < 4.78 is 10.3. The van der Waals surface area contributed by atoms with Crippen molar-refractivity contribution in [1.29, 1.82) is 0 Å². The molecule has 0 heterocycles. The number of carbonyl (C=O) groups is 4. The second-order valence-electron chi connectivity index (χ2n) is 6.96. The third kappa shape index (κ3) is 8.42. The lowest BCUT2D eigenvalue weighted by molar-refractivity contribution is -0.144. The first-order valence-electron chi connectivity index (χ1n) is 10.2. The summed E-state index contributed by atoms with van der Waals surface area (Å²) in [6, 6.07) is 13.6. The van der Waals surface area contributed by atoms with Crippen molar-refractivity contribution < 1.29 is 28.7 Å². The van der Waals surface area contributed by atoms with Crippen LogP contribution in [0.2, 0.25) is 0 Å². The number of rotatable bonds is 12. The number of esters is 1. The van der Waals surface area contributed by atoms with Gasteiger partial charge in [0.25, 0.3) is 0 Å². The second kappa shape index (κ2) is 12.3.